The summed E-state index contributed by atoms with van der Waals surface area (Å²) in [5, 5.41) is 10.9. The minimum Gasteiger partial charge on any atom is -0.465 e. The molecule has 3 saturated heterocycles. The highest BCUT2D eigenvalue weighted by Crippen LogP contribution is 2.72. The van der Waals surface area contributed by atoms with Crippen molar-refractivity contribution >= 4 is 46.8 Å². The lowest BCUT2D eigenvalue weighted by Gasteiger charge is -2.41. The third-order valence-corrected chi connectivity index (χ3v) is 11.4. The van der Waals surface area contributed by atoms with E-state index >= 15 is 0 Å². The first-order valence-electron chi connectivity index (χ1n) is 14.6. The van der Waals surface area contributed by atoms with Gasteiger partial charge in [0.05, 0.1) is 46.5 Å². The second-order valence-corrected chi connectivity index (χ2v) is 14.4. The molecule has 1 aromatic carbocycles. The summed E-state index contributed by atoms with van der Waals surface area (Å²) in [6.45, 7) is 15.6. The lowest BCUT2D eigenvalue weighted by Crippen LogP contribution is -2.58. The van der Waals surface area contributed by atoms with E-state index < -0.39 is 33.4 Å². The molecule has 3 heterocycles. The summed E-state index contributed by atoms with van der Waals surface area (Å²) in [6.07, 6.45) is 7.23. The van der Waals surface area contributed by atoms with Crippen LogP contribution >= 0.6 is 23.4 Å². The van der Waals surface area contributed by atoms with E-state index in [1.54, 1.807) is 33.7 Å². The molecule has 2 bridgehead atoms. The number of carbonyl (C=O) groups excluding carboxylic acids is 3. The van der Waals surface area contributed by atoms with E-state index in [0.29, 0.717) is 23.6 Å². The number of ether oxygens (including phenoxy) is 1. The van der Waals surface area contributed by atoms with Crippen molar-refractivity contribution in [2.45, 2.75) is 81.4 Å². The second kappa shape index (κ2) is 12.5. The Morgan fingerprint density at radius 2 is 2.00 bits per heavy atom. The smallest absolute Gasteiger partial charge is 0.311 e. The number of rotatable bonds is 13. The van der Waals surface area contributed by atoms with Crippen molar-refractivity contribution in [3.05, 3.63) is 54.1 Å². The zero-order valence-corrected chi connectivity index (χ0v) is 26.2. The van der Waals surface area contributed by atoms with Gasteiger partial charge in [0.15, 0.2) is 0 Å². The van der Waals surface area contributed by atoms with Gasteiger partial charge in [0, 0.05) is 11.3 Å². The first-order valence-corrected chi connectivity index (χ1v) is 15.8. The molecule has 3 aliphatic heterocycles. The summed E-state index contributed by atoms with van der Waals surface area (Å²) in [5.41, 5.74) is 1.41. The van der Waals surface area contributed by atoms with Gasteiger partial charge in [-0.25, -0.2) is 0 Å². The normalized spacial score (nSPS) is 29.0. The Bertz CT molecular complexity index is 1190. The Morgan fingerprint density at radius 3 is 2.61 bits per heavy atom. The fourth-order valence-electron chi connectivity index (χ4n) is 7.16. The number of aliphatic hydroxyl groups is 1. The number of nitrogens with zero attached hydrogens (tertiary/aromatic N) is 2. The number of fused-ring (bicyclic) bond motifs is 1. The zero-order chi connectivity index (χ0) is 30.1. The molecule has 3 fully saturated rings. The van der Waals surface area contributed by atoms with Crippen molar-refractivity contribution in [2.24, 2.45) is 17.8 Å². The molecule has 2 unspecified atom stereocenters. The van der Waals surface area contributed by atoms with Crippen LogP contribution < -0.4 is 4.90 Å². The molecule has 0 aliphatic carbocycles. The third-order valence-electron chi connectivity index (χ3n) is 9.10. The number of aliphatic hydroxyl groups excluding tert-OH is 1. The van der Waals surface area contributed by atoms with E-state index in [2.05, 4.69) is 13.2 Å². The molecule has 224 valence electrons. The molecule has 41 heavy (non-hydrogen) atoms. The van der Waals surface area contributed by atoms with Crippen LogP contribution in [0.5, 0.6) is 0 Å². The van der Waals surface area contributed by atoms with E-state index in [9.17, 15) is 19.5 Å². The quantitative estimate of drug-likeness (QED) is 0.181. The van der Waals surface area contributed by atoms with Gasteiger partial charge in [0.25, 0.3) is 5.91 Å². The van der Waals surface area contributed by atoms with Gasteiger partial charge in [-0.2, -0.15) is 0 Å². The summed E-state index contributed by atoms with van der Waals surface area (Å²) < 4.78 is 4.41. The lowest BCUT2D eigenvalue weighted by atomic mass is 9.66. The molecule has 6 atom stereocenters. The number of carbonyl (C=O) groups is 3. The number of likely N-dealkylation sites (tertiary alicyclic amines) is 1. The highest BCUT2D eigenvalue weighted by molar-refractivity contribution is 8.02. The topological polar surface area (TPSA) is 87.1 Å². The highest BCUT2D eigenvalue weighted by Gasteiger charge is 2.78. The Morgan fingerprint density at radius 1 is 1.27 bits per heavy atom. The van der Waals surface area contributed by atoms with Crippen LogP contribution in [-0.4, -0.2) is 69.1 Å². The number of hydrogen-bond donors (Lipinski definition) is 1. The first kappa shape index (κ1) is 31.6. The summed E-state index contributed by atoms with van der Waals surface area (Å²) in [4.78, 5) is 46.2. The summed E-state index contributed by atoms with van der Waals surface area (Å²) in [6, 6.07) is 4.01. The van der Waals surface area contributed by atoms with Gasteiger partial charge in [-0.05, 0) is 63.5 Å². The van der Waals surface area contributed by atoms with E-state index in [1.165, 1.54) is 0 Å². The van der Waals surface area contributed by atoms with Gasteiger partial charge < -0.3 is 19.6 Å². The summed E-state index contributed by atoms with van der Waals surface area (Å²) in [5.74, 6) is -2.40. The largest absolute Gasteiger partial charge is 0.465 e. The Labute approximate surface area is 253 Å². The maximum atomic E-state index is 14.8. The van der Waals surface area contributed by atoms with Crippen LogP contribution in [0, 0.1) is 24.7 Å². The van der Waals surface area contributed by atoms with E-state index in [-0.39, 0.29) is 43.5 Å². The van der Waals surface area contributed by atoms with E-state index in [4.69, 9.17) is 16.3 Å². The molecular formula is C32H43ClN2O5S. The number of thioether (sulfide) groups is 1. The van der Waals surface area contributed by atoms with Crippen LogP contribution in [-0.2, 0) is 19.1 Å². The molecule has 9 heteroatoms. The van der Waals surface area contributed by atoms with Gasteiger partial charge >= 0.3 is 5.97 Å². The zero-order valence-electron chi connectivity index (χ0n) is 24.6. The molecule has 1 aromatic rings. The van der Waals surface area contributed by atoms with Crippen LogP contribution in [0.3, 0.4) is 0 Å². The molecule has 3 aliphatic rings. The van der Waals surface area contributed by atoms with Crippen molar-refractivity contribution in [3.8, 4) is 0 Å². The van der Waals surface area contributed by atoms with E-state index in [1.807, 2.05) is 45.9 Å². The predicted molar refractivity (Wildman–Crippen MR) is 165 cm³/mol. The van der Waals surface area contributed by atoms with Crippen LogP contribution in [0.25, 0.3) is 0 Å². The molecular weight excluding hydrogens is 560 g/mol. The second-order valence-electron chi connectivity index (χ2n) is 12.1. The third kappa shape index (κ3) is 5.36. The number of amides is 2. The van der Waals surface area contributed by atoms with Gasteiger partial charge in [-0.15, -0.1) is 24.9 Å². The standard InChI is InChI=1S/C32H43ClN2O5S/c1-7-9-10-11-18-40-30(39)25-24-28(37)35(23(19-36)20(3)4)27(32(24)16-15-31(25,6)41-32)29(38)34(17-8-2)26-21(5)13-12-14-22(26)33/h7-8,12-14,20,23-25,27,36H,1-2,9-11,15-19H2,3-6H3/t23-,24-,25-,27?,31+,32?/m0/s1. The van der Waals surface area contributed by atoms with Crippen molar-refractivity contribution in [1.29, 1.82) is 0 Å². The first-order chi connectivity index (χ1) is 19.5. The fourth-order valence-corrected chi connectivity index (χ4v) is 9.81. The SMILES string of the molecule is C=CCCCCOC(=O)[C@@H]1[C@H]2C(=O)N([C@@H](CO)C(C)C)C(C(=O)N(CC=C)c3c(C)cccc3Cl)C23CC[C@@]1(C)S3. The number of para-hydroxylation sites is 1. The fraction of sp³-hybridized carbons (Fsp3) is 0.594. The van der Waals surface area contributed by atoms with E-state index in [0.717, 1.165) is 24.8 Å². The molecule has 0 aromatic heterocycles. The van der Waals surface area contributed by atoms with Gasteiger partial charge in [0.1, 0.15) is 6.04 Å². The maximum Gasteiger partial charge on any atom is 0.311 e. The number of allylic oxidation sites excluding steroid dienone is 1. The molecule has 1 N–H and O–H groups in total. The van der Waals surface area contributed by atoms with Gasteiger partial charge in [0.2, 0.25) is 5.91 Å². The molecule has 0 saturated carbocycles. The van der Waals surface area contributed by atoms with Crippen LogP contribution in [0.2, 0.25) is 5.02 Å². The van der Waals surface area contributed by atoms with Crippen molar-refractivity contribution < 1.29 is 24.2 Å². The number of aryl methyl sites for hydroxylation is 1. The molecule has 0 radical (unpaired) electrons. The van der Waals surface area contributed by atoms with Crippen molar-refractivity contribution in [2.75, 3.05) is 24.7 Å². The highest BCUT2D eigenvalue weighted by atomic mass is 35.5. The summed E-state index contributed by atoms with van der Waals surface area (Å²) >= 11 is 8.24. The number of benzene rings is 1. The summed E-state index contributed by atoms with van der Waals surface area (Å²) in [7, 11) is 0. The number of unbranched alkanes of at least 4 members (excludes halogenated alkanes) is 2. The number of anilines is 1. The predicted octanol–water partition coefficient (Wildman–Crippen LogP) is 5.57. The van der Waals surface area contributed by atoms with Crippen LogP contribution in [0.4, 0.5) is 5.69 Å². The Hall–Kier alpha value is -2.29. The molecule has 7 nitrogen and oxygen atoms in total. The minimum absolute atomic E-state index is 0.113. The number of hydrogen-bond acceptors (Lipinski definition) is 6. The maximum absolute atomic E-state index is 14.8. The van der Waals surface area contributed by atoms with Crippen molar-refractivity contribution in [3.63, 3.8) is 0 Å². The molecule has 1 spiro atoms. The van der Waals surface area contributed by atoms with Crippen LogP contribution in [0.15, 0.2) is 43.5 Å². The average Bonchev–Trinajstić information content (AvgIpc) is 3.48. The molecule has 2 amide bonds. The molecule has 4 rings (SSSR count). The lowest BCUT2D eigenvalue weighted by molar-refractivity contribution is -0.156. The average molecular weight is 603 g/mol. The van der Waals surface area contributed by atoms with Crippen molar-refractivity contribution in [1.82, 2.24) is 4.90 Å². The number of halogens is 1. The Kier molecular flexibility index (Phi) is 9.66. The number of esters is 1. The minimum atomic E-state index is -0.882. The monoisotopic (exact) mass is 602 g/mol. The van der Waals surface area contributed by atoms with Gasteiger partial charge in [-0.3, -0.25) is 14.4 Å². The van der Waals surface area contributed by atoms with Gasteiger partial charge in [-0.1, -0.05) is 49.7 Å². The van der Waals surface area contributed by atoms with Crippen LogP contribution in [0.1, 0.15) is 58.4 Å². The Balaban J connectivity index is 1.79.